The van der Waals surface area contributed by atoms with Gasteiger partial charge in [0.1, 0.15) is 0 Å². The van der Waals surface area contributed by atoms with Crippen LogP contribution in [0.4, 0.5) is 0 Å². The van der Waals surface area contributed by atoms with Crippen LogP contribution in [0.3, 0.4) is 0 Å². The molecule has 0 aliphatic rings. The van der Waals surface area contributed by atoms with Crippen LogP contribution in [0.5, 0.6) is 0 Å². The van der Waals surface area contributed by atoms with Crippen molar-refractivity contribution in [3.8, 4) is 0 Å². The Morgan fingerprint density at radius 1 is 1.39 bits per heavy atom. The number of thiophene rings is 1. The molecule has 1 heterocycles. The van der Waals surface area contributed by atoms with Crippen molar-refractivity contribution < 1.29 is 4.74 Å². The van der Waals surface area contributed by atoms with Crippen LogP contribution in [0.25, 0.3) is 0 Å². The lowest BCUT2D eigenvalue weighted by Crippen LogP contribution is -2.21. The van der Waals surface area contributed by atoms with Gasteiger partial charge in [-0.25, -0.2) is 0 Å². The van der Waals surface area contributed by atoms with E-state index in [0.29, 0.717) is 0 Å². The maximum atomic E-state index is 5.00. The summed E-state index contributed by atoms with van der Waals surface area (Å²) < 4.78 is 6.29. The summed E-state index contributed by atoms with van der Waals surface area (Å²) in [4.78, 5) is 2.89. The third kappa shape index (κ3) is 6.32. The number of nitrogens with one attached hydrogen (secondary N) is 1. The first-order chi connectivity index (χ1) is 8.63. The molecule has 0 radical (unpaired) electrons. The number of rotatable bonds is 9. The normalized spacial score (nSPS) is 12.9. The van der Waals surface area contributed by atoms with E-state index >= 15 is 0 Å². The second-order valence-corrected chi connectivity index (χ2v) is 7.00. The van der Waals surface area contributed by atoms with E-state index in [1.54, 1.807) is 7.11 Å². The van der Waals surface area contributed by atoms with Gasteiger partial charge in [0, 0.05) is 27.9 Å². The summed E-state index contributed by atoms with van der Waals surface area (Å²) in [7, 11) is 1.74. The number of aryl methyl sites for hydroxylation is 2. The Hall–Kier alpha value is 0.100. The van der Waals surface area contributed by atoms with E-state index in [1.807, 2.05) is 11.3 Å². The molecule has 104 valence electrons. The standard InChI is InChI=1S/C14H24BrNOS/c1-11(6-7-16-8-9-17-3)4-5-14-13(15)10-12(2)18-14/h10-11,16H,4-9H2,1-3H3. The molecule has 18 heavy (non-hydrogen) atoms. The van der Waals surface area contributed by atoms with Crippen molar-refractivity contribution in [2.45, 2.75) is 33.1 Å². The third-order valence-electron chi connectivity index (χ3n) is 3.04. The second kappa shape index (κ2) is 9.08. The van der Waals surface area contributed by atoms with E-state index in [4.69, 9.17) is 4.74 Å². The smallest absolute Gasteiger partial charge is 0.0587 e. The third-order valence-corrected chi connectivity index (χ3v) is 5.12. The summed E-state index contributed by atoms with van der Waals surface area (Å²) in [6.45, 7) is 7.36. The summed E-state index contributed by atoms with van der Waals surface area (Å²) in [6, 6.07) is 2.22. The molecule has 2 nitrogen and oxygen atoms in total. The van der Waals surface area contributed by atoms with Crippen LogP contribution in [-0.2, 0) is 11.2 Å². The van der Waals surface area contributed by atoms with Crippen molar-refractivity contribution in [3.63, 3.8) is 0 Å². The summed E-state index contributed by atoms with van der Waals surface area (Å²) in [5, 5.41) is 3.40. The molecule has 1 rings (SSSR count). The van der Waals surface area contributed by atoms with Crippen LogP contribution in [-0.4, -0.2) is 26.8 Å². The minimum atomic E-state index is 0.773. The van der Waals surface area contributed by atoms with Crippen molar-refractivity contribution >= 4 is 27.3 Å². The van der Waals surface area contributed by atoms with Gasteiger partial charge in [0.2, 0.25) is 0 Å². The molecule has 0 aliphatic heterocycles. The van der Waals surface area contributed by atoms with Gasteiger partial charge in [-0.15, -0.1) is 11.3 Å². The highest BCUT2D eigenvalue weighted by Gasteiger charge is 2.07. The fourth-order valence-corrected chi connectivity index (χ4v) is 3.75. The van der Waals surface area contributed by atoms with Gasteiger partial charge < -0.3 is 10.1 Å². The van der Waals surface area contributed by atoms with Crippen molar-refractivity contribution in [3.05, 3.63) is 20.3 Å². The highest BCUT2D eigenvalue weighted by molar-refractivity contribution is 9.10. The summed E-state index contributed by atoms with van der Waals surface area (Å²) in [5.41, 5.74) is 0. The highest BCUT2D eigenvalue weighted by atomic mass is 79.9. The average molecular weight is 334 g/mol. The molecule has 0 spiro atoms. The molecule has 0 fully saturated rings. The van der Waals surface area contributed by atoms with Crippen molar-refractivity contribution in [2.24, 2.45) is 5.92 Å². The SMILES string of the molecule is COCCNCCC(C)CCc1sc(C)cc1Br. The monoisotopic (exact) mass is 333 g/mol. The van der Waals surface area contributed by atoms with Crippen LogP contribution in [0, 0.1) is 12.8 Å². The number of halogens is 1. The van der Waals surface area contributed by atoms with Crippen LogP contribution >= 0.6 is 27.3 Å². The number of hydrogen-bond acceptors (Lipinski definition) is 3. The van der Waals surface area contributed by atoms with E-state index < -0.39 is 0 Å². The lowest BCUT2D eigenvalue weighted by atomic mass is 10.0. The zero-order valence-electron chi connectivity index (χ0n) is 11.6. The molecule has 0 aliphatic carbocycles. The first kappa shape index (κ1) is 16.2. The Morgan fingerprint density at radius 3 is 2.78 bits per heavy atom. The van der Waals surface area contributed by atoms with Gasteiger partial charge in [0.05, 0.1) is 6.61 Å². The van der Waals surface area contributed by atoms with E-state index in [0.717, 1.165) is 25.6 Å². The zero-order valence-corrected chi connectivity index (χ0v) is 14.0. The minimum Gasteiger partial charge on any atom is -0.383 e. The summed E-state index contributed by atoms with van der Waals surface area (Å²) >= 11 is 5.54. The maximum Gasteiger partial charge on any atom is 0.0587 e. The fourth-order valence-electron chi connectivity index (χ4n) is 1.87. The maximum absolute atomic E-state index is 5.00. The van der Waals surface area contributed by atoms with E-state index in [9.17, 15) is 0 Å². The summed E-state index contributed by atoms with van der Waals surface area (Å²) in [6.07, 6.45) is 3.70. The van der Waals surface area contributed by atoms with Crippen molar-refractivity contribution in [1.29, 1.82) is 0 Å². The van der Waals surface area contributed by atoms with Crippen molar-refractivity contribution in [1.82, 2.24) is 5.32 Å². The lowest BCUT2D eigenvalue weighted by Gasteiger charge is -2.11. The zero-order chi connectivity index (χ0) is 13.4. The molecule has 1 aromatic heterocycles. The Labute approximate surface area is 123 Å². The molecule has 1 N–H and O–H groups in total. The Balaban J connectivity index is 2.13. The Bertz CT molecular complexity index is 341. The molecule has 0 aromatic carbocycles. The molecule has 0 amide bonds. The number of ether oxygens (including phenoxy) is 1. The molecule has 4 heteroatoms. The van der Waals surface area contributed by atoms with Gasteiger partial charge in [0.25, 0.3) is 0 Å². The molecule has 1 unspecified atom stereocenters. The minimum absolute atomic E-state index is 0.773. The van der Waals surface area contributed by atoms with Crippen LogP contribution in [0.1, 0.15) is 29.5 Å². The fraction of sp³-hybridized carbons (Fsp3) is 0.714. The molecular weight excluding hydrogens is 310 g/mol. The van der Waals surface area contributed by atoms with Crippen LogP contribution < -0.4 is 5.32 Å². The molecule has 1 atom stereocenters. The molecular formula is C14H24BrNOS. The van der Waals surface area contributed by atoms with Crippen molar-refractivity contribution in [2.75, 3.05) is 26.8 Å². The summed E-state index contributed by atoms with van der Waals surface area (Å²) in [5.74, 6) is 0.773. The Kier molecular flexibility index (Phi) is 8.15. The first-order valence-corrected chi connectivity index (χ1v) is 8.19. The topological polar surface area (TPSA) is 21.3 Å². The number of hydrogen-bond donors (Lipinski definition) is 1. The quantitative estimate of drug-likeness (QED) is 0.689. The average Bonchev–Trinajstić information content (AvgIpc) is 2.65. The lowest BCUT2D eigenvalue weighted by molar-refractivity contribution is 0.199. The van der Waals surface area contributed by atoms with E-state index in [1.165, 1.54) is 33.5 Å². The predicted molar refractivity (Wildman–Crippen MR) is 83.6 cm³/mol. The second-order valence-electron chi connectivity index (χ2n) is 4.80. The number of methoxy groups -OCH3 is 1. The van der Waals surface area contributed by atoms with Gasteiger partial charge in [-0.2, -0.15) is 0 Å². The molecule has 0 saturated carbocycles. The van der Waals surface area contributed by atoms with Gasteiger partial charge >= 0.3 is 0 Å². The van der Waals surface area contributed by atoms with Gasteiger partial charge in [0.15, 0.2) is 0 Å². The van der Waals surface area contributed by atoms with Crippen LogP contribution in [0.2, 0.25) is 0 Å². The van der Waals surface area contributed by atoms with E-state index in [-0.39, 0.29) is 0 Å². The van der Waals surface area contributed by atoms with Gasteiger partial charge in [-0.1, -0.05) is 6.92 Å². The van der Waals surface area contributed by atoms with Crippen LogP contribution in [0.15, 0.2) is 10.5 Å². The molecule has 0 bridgehead atoms. The highest BCUT2D eigenvalue weighted by Crippen LogP contribution is 2.29. The van der Waals surface area contributed by atoms with Gasteiger partial charge in [-0.3, -0.25) is 0 Å². The predicted octanol–water partition coefficient (Wildman–Crippen LogP) is 4.01. The van der Waals surface area contributed by atoms with E-state index in [2.05, 4.69) is 41.2 Å². The molecule has 0 saturated heterocycles. The first-order valence-electron chi connectivity index (χ1n) is 6.58. The molecule has 1 aromatic rings. The largest absolute Gasteiger partial charge is 0.383 e. The van der Waals surface area contributed by atoms with Gasteiger partial charge in [-0.05, 0) is 60.6 Å². The Morgan fingerprint density at radius 2 is 2.17 bits per heavy atom.